The number of hydrogen-bond donors (Lipinski definition) is 3. The predicted octanol–water partition coefficient (Wildman–Crippen LogP) is 4.12. The Morgan fingerprint density at radius 3 is 2.76 bits per heavy atom. The van der Waals surface area contributed by atoms with Gasteiger partial charge >= 0.3 is 0 Å². The molecule has 8 heteroatoms. The Bertz CT molecular complexity index is 1590. The Hall–Kier alpha value is -4.33. The molecule has 4 aromatic rings. The van der Waals surface area contributed by atoms with E-state index in [-0.39, 0.29) is 23.2 Å². The number of carbonyl (C=O) groups is 2. The average Bonchev–Trinajstić information content (AvgIpc) is 3.53. The number of carbonyl (C=O) groups excluding carboxylic acids is 2. The minimum Gasteiger partial charge on any atom is -0.356 e. The van der Waals surface area contributed by atoms with Crippen LogP contribution in [0.15, 0.2) is 54.7 Å². The van der Waals surface area contributed by atoms with E-state index in [9.17, 15) is 14.0 Å². The number of halogens is 1. The molecule has 0 saturated heterocycles. The molecular weight excluding hydrogens is 469 g/mol. The fraction of sp³-hybridized carbons (Fsp3) is 0.241. The highest BCUT2D eigenvalue weighted by molar-refractivity contribution is 6.01. The van der Waals surface area contributed by atoms with Crippen LogP contribution in [0, 0.1) is 5.82 Å². The normalized spacial score (nSPS) is 16.4. The summed E-state index contributed by atoms with van der Waals surface area (Å²) in [7, 11) is 0. The first-order valence-electron chi connectivity index (χ1n) is 12.5. The molecule has 0 radical (unpaired) electrons. The highest BCUT2D eigenvalue weighted by Crippen LogP contribution is 2.45. The number of nitrogens with zero attached hydrogens (tertiary/aromatic N) is 2. The quantitative estimate of drug-likeness (QED) is 0.398. The first-order chi connectivity index (χ1) is 18.0. The van der Waals surface area contributed by atoms with Crippen LogP contribution in [0.2, 0.25) is 0 Å². The first-order valence-corrected chi connectivity index (χ1v) is 12.5. The van der Waals surface area contributed by atoms with Crippen molar-refractivity contribution in [3.8, 4) is 22.8 Å². The molecule has 1 aliphatic heterocycles. The Kier molecular flexibility index (Phi) is 4.79. The van der Waals surface area contributed by atoms with Crippen molar-refractivity contribution in [2.45, 2.75) is 44.2 Å². The maximum Gasteiger partial charge on any atom is 0.253 e. The molecule has 2 aromatic heterocycles. The van der Waals surface area contributed by atoms with Gasteiger partial charge in [-0.3, -0.25) is 9.59 Å². The maximum absolute atomic E-state index is 13.1. The third-order valence-electron chi connectivity index (χ3n) is 7.65. The van der Waals surface area contributed by atoms with Crippen LogP contribution < -0.4 is 10.6 Å². The molecule has 7 rings (SSSR count). The molecule has 3 N–H and O–H groups in total. The number of aromatic nitrogens is 3. The fourth-order valence-electron chi connectivity index (χ4n) is 5.48. The number of amides is 2. The number of aromatic amines is 1. The van der Waals surface area contributed by atoms with Crippen molar-refractivity contribution in [3.05, 3.63) is 94.1 Å². The van der Waals surface area contributed by atoms with Gasteiger partial charge in [0.25, 0.3) is 11.8 Å². The summed E-state index contributed by atoms with van der Waals surface area (Å²) in [6, 6.07) is 13.2. The van der Waals surface area contributed by atoms with E-state index in [4.69, 9.17) is 4.98 Å². The minimum atomic E-state index is -0.311. The number of rotatable bonds is 4. The topological polar surface area (TPSA) is 99.8 Å². The van der Waals surface area contributed by atoms with E-state index in [2.05, 4.69) is 20.6 Å². The summed E-state index contributed by atoms with van der Waals surface area (Å²) in [6.07, 6.45) is 6.29. The molecule has 1 spiro atoms. The number of benzene rings is 2. The minimum absolute atomic E-state index is 0.0216. The zero-order valence-corrected chi connectivity index (χ0v) is 20.0. The predicted molar refractivity (Wildman–Crippen MR) is 135 cm³/mol. The van der Waals surface area contributed by atoms with Gasteiger partial charge in [0.05, 0.1) is 17.0 Å². The summed E-state index contributed by atoms with van der Waals surface area (Å²) < 4.78 is 13.1. The molecule has 184 valence electrons. The second-order valence-corrected chi connectivity index (χ2v) is 10.2. The van der Waals surface area contributed by atoms with Crippen molar-refractivity contribution in [1.82, 2.24) is 25.6 Å². The third-order valence-corrected chi connectivity index (χ3v) is 7.65. The second kappa shape index (κ2) is 8.09. The van der Waals surface area contributed by atoms with Crippen LogP contribution in [-0.2, 0) is 25.8 Å². The summed E-state index contributed by atoms with van der Waals surface area (Å²) in [5.41, 5.74) is 7.60. The fourth-order valence-corrected chi connectivity index (χ4v) is 5.48. The Morgan fingerprint density at radius 1 is 1.11 bits per heavy atom. The molecule has 0 bridgehead atoms. The SMILES string of the molecule is O=C(NCc1ccc(F)cc1)c1cccc(-c2ncc3c(n2)-c2[nH]c4c(c2CC3)C(=O)NC2(CC2)C4)c1. The Morgan fingerprint density at radius 2 is 1.95 bits per heavy atom. The van der Waals surface area contributed by atoms with Gasteiger partial charge in [-0.2, -0.15) is 0 Å². The second-order valence-electron chi connectivity index (χ2n) is 10.2. The monoisotopic (exact) mass is 493 g/mol. The lowest BCUT2D eigenvalue weighted by molar-refractivity contribution is 0.0915. The largest absolute Gasteiger partial charge is 0.356 e. The van der Waals surface area contributed by atoms with Crippen LogP contribution in [0.1, 0.15) is 55.9 Å². The summed E-state index contributed by atoms with van der Waals surface area (Å²) in [5.74, 6) is 0.00171. The maximum atomic E-state index is 13.1. The van der Waals surface area contributed by atoms with Gasteiger partial charge in [-0.1, -0.05) is 24.3 Å². The number of hydrogen-bond acceptors (Lipinski definition) is 4. The van der Waals surface area contributed by atoms with Crippen LogP contribution in [-0.4, -0.2) is 32.3 Å². The Balaban J connectivity index is 1.18. The van der Waals surface area contributed by atoms with E-state index in [1.807, 2.05) is 18.3 Å². The van der Waals surface area contributed by atoms with Gasteiger partial charge in [-0.05, 0) is 66.6 Å². The van der Waals surface area contributed by atoms with Gasteiger partial charge < -0.3 is 15.6 Å². The van der Waals surface area contributed by atoms with Crippen molar-refractivity contribution in [2.24, 2.45) is 0 Å². The highest BCUT2D eigenvalue weighted by Gasteiger charge is 2.49. The molecule has 3 heterocycles. The van der Waals surface area contributed by atoms with Crippen LogP contribution in [0.5, 0.6) is 0 Å². The van der Waals surface area contributed by atoms with E-state index in [1.165, 1.54) is 12.1 Å². The van der Waals surface area contributed by atoms with Gasteiger partial charge in [-0.15, -0.1) is 0 Å². The summed E-state index contributed by atoms with van der Waals surface area (Å²) in [5, 5.41) is 6.09. The Labute approximate surface area is 212 Å². The lowest BCUT2D eigenvalue weighted by atomic mass is 9.89. The summed E-state index contributed by atoms with van der Waals surface area (Å²) >= 11 is 0. The van der Waals surface area contributed by atoms with Crippen molar-refractivity contribution in [2.75, 3.05) is 0 Å². The number of H-pyrrole nitrogens is 1. The molecule has 0 unspecified atom stereocenters. The molecule has 0 atom stereocenters. The molecule has 1 saturated carbocycles. The van der Waals surface area contributed by atoms with E-state index in [0.717, 1.165) is 77.0 Å². The molecule has 7 nitrogen and oxygen atoms in total. The standard InChI is InChI=1S/C29H24FN5O2/c30-20-7-4-16(5-8-20)14-32-27(36)18-3-1-2-17(12-18)26-31-15-19-6-9-21-23-22(33-25(21)24(19)34-26)13-29(10-11-29)35-28(23)37/h1-5,7-8,12,15,33H,6,9-11,13-14H2,(H,32,36)(H,35,37). The zero-order valence-electron chi connectivity index (χ0n) is 20.0. The van der Waals surface area contributed by atoms with Gasteiger partial charge in [0, 0.05) is 41.5 Å². The highest BCUT2D eigenvalue weighted by atomic mass is 19.1. The molecule has 3 aliphatic rings. The summed E-state index contributed by atoms with van der Waals surface area (Å²) in [6.45, 7) is 0.299. The van der Waals surface area contributed by atoms with Gasteiger partial charge in [-0.25, -0.2) is 14.4 Å². The van der Waals surface area contributed by atoms with Crippen LogP contribution in [0.3, 0.4) is 0 Å². The average molecular weight is 494 g/mol. The molecule has 2 amide bonds. The van der Waals surface area contributed by atoms with E-state index < -0.39 is 0 Å². The van der Waals surface area contributed by atoms with Crippen LogP contribution in [0.4, 0.5) is 4.39 Å². The third kappa shape index (κ3) is 3.80. The van der Waals surface area contributed by atoms with E-state index in [0.29, 0.717) is 17.9 Å². The molecule has 2 aromatic carbocycles. The lowest BCUT2D eigenvalue weighted by Crippen LogP contribution is -2.43. The molecular formula is C29H24FN5O2. The van der Waals surface area contributed by atoms with Crippen molar-refractivity contribution in [1.29, 1.82) is 0 Å². The molecule has 37 heavy (non-hydrogen) atoms. The van der Waals surface area contributed by atoms with Gasteiger partial charge in [0.1, 0.15) is 5.82 Å². The summed E-state index contributed by atoms with van der Waals surface area (Å²) in [4.78, 5) is 38.8. The number of fused-ring (bicyclic) bond motifs is 5. The zero-order chi connectivity index (χ0) is 25.1. The molecule has 1 fully saturated rings. The smallest absolute Gasteiger partial charge is 0.253 e. The number of aryl methyl sites for hydroxylation is 1. The first kappa shape index (κ1) is 21.9. The van der Waals surface area contributed by atoms with E-state index >= 15 is 0 Å². The van der Waals surface area contributed by atoms with Crippen molar-refractivity contribution >= 4 is 11.8 Å². The van der Waals surface area contributed by atoms with Crippen LogP contribution in [0.25, 0.3) is 22.8 Å². The molecule has 2 aliphatic carbocycles. The van der Waals surface area contributed by atoms with E-state index in [1.54, 1.807) is 24.3 Å². The van der Waals surface area contributed by atoms with Crippen molar-refractivity contribution in [3.63, 3.8) is 0 Å². The van der Waals surface area contributed by atoms with Crippen LogP contribution >= 0.6 is 0 Å². The van der Waals surface area contributed by atoms with Crippen molar-refractivity contribution < 1.29 is 14.0 Å². The van der Waals surface area contributed by atoms with Gasteiger partial charge in [0.2, 0.25) is 0 Å². The lowest BCUT2D eigenvalue weighted by Gasteiger charge is -2.23. The van der Waals surface area contributed by atoms with Gasteiger partial charge in [0.15, 0.2) is 5.82 Å². The number of nitrogens with one attached hydrogen (secondary N) is 3.